The molecule has 0 heterocycles. The first-order valence-electron chi connectivity index (χ1n) is 6.20. The lowest BCUT2D eigenvalue weighted by Crippen LogP contribution is -2.36. The van der Waals surface area contributed by atoms with E-state index < -0.39 is 0 Å². The van der Waals surface area contributed by atoms with Gasteiger partial charge in [0.25, 0.3) is 0 Å². The molecular weight excluding hydrogens is 230 g/mol. The molecule has 0 aliphatic heterocycles. The van der Waals surface area contributed by atoms with Gasteiger partial charge in [0, 0.05) is 0 Å². The molecular formula is C14H21NO3. The number of carbonyl (C=O) groups is 1. The highest BCUT2D eigenvalue weighted by Crippen LogP contribution is 2.12. The average molecular weight is 251 g/mol. The number of nitrogens with one attached hydrogen (secondary N) is 1. The van der Waals surface area contributed by atoms with Crippen LogP contribution in [0.4, 0.5) is 0 Å². The van der Waals surface area contributed by atoms with E-state index >= 15 is 0 Å². The molecule has 0 aliphatic rings. The Labute approximate surface area is 108 Å². The zero-order valence-corrected chi connectivity index (χ0v) is 11.2. The number of methoxy groups -OCH3 is 1. The molecule has 0 radical (unpaired) electrons. The topological polar surface area (TPSA) is 47.6 Å². The van der Waals surface area contributed by atoms with E-state index in [0.717, 1.165) is 18.7 Å². The van der Waals surface area contributed by atoms with Crippen LogP contribution in [-0.4, -0.2) is 32.3 Å². The Morgan fingerprint density at radius 1 is 1.44 bits per heavy atom. The van der Waals surface area contributed by atoms with Crippen LogP contribution in [0.3, 0.4) is 0 Å². The molecule has 18 heavy (non-hydrogen) atoms. The highest BCUT2D eigenvalue weighted by atomic mass is 16.5. The second kappa shape index (κ2) is 7.71. The number of ether oxygens (including phenoxy) is 2. The van der Waals surface area contributed by atoms with E-state index in [1.54, 1.807) is 14.0 Å². The van der Waals surface area contributed by atoms with Crippen LogP contribution < -0.4 is 10.1 Å². The normalized spacial score (nSPS) is 11.9. The van der Waals surface area contributed by atoms with Crippen LogP contribution in [0.2, 0.25) is 0 Å². The molecule has 1 atom stereocenters. The summed E-state index contributed by atoms with van der Waals surface area (Å²) in [4.78, 5) is 11.4. The summed E-state index contributed by atoms with van der Waals surface area (Å²) >= 11 is 0. The zero-order valence-electron chi connectivity index (χ0n) is 11.2. The van der Waals surface area contributed by atoms with Crippen LogP contribution in [-0.2, 0) is 16.0 Å². The minimum absolute atomic E-state index is 0.205. The lowest BCUT2D eigenvalue weighted by Gasteiger charge is -2.12. The molecule has 0 spiro atoms. The molecule has 0 bridgehead atoms. The van der Waals surface area contributed by atoms with Crippen LogP contribution in [0, 0.1) is 0 Å². The maximum atomic E-state index is 11.4. The molecule has 1 aromatic rings. The molecule has 4 nitrogen and oxygen atoms in total. The van der Waals surface area contributed by atoms with E-state index in [2.05, 4.69) is 5.32 Å². The van der Waals surface area contributed by atoms with Crippen LogP contribution in [0.1, 0.15) is 19.4 Å². The van der Waals surface area contributed by atoms with E-state index in [0.29, 0.717) is 6.61 Å². The number of rotatable bonds is 7. The fourth-order valence-electron chi connectivity index (χ4n) is 1.61. The highest BCUT2D eigenvalue weighted by molar-refractivity contribution is 5.75. The summed E-state index contributed by atoms with van der Waals surface area (Å²) in [5.41, 5.74) is 1.18. The van der Waals surface area contributed by atoms with Gasteiger partial charge in [-0.1, -0.05) is 12.1 Å². The summed E-state index contributed by atoms with van der Waals surface area (Å²) in [5.74, 6) is 0.647. The van der Waals surface area contributed by atoms with Crippen molar-refractivity contribution in [1.29, 1.82) is 0 Å². The first-order chi connectivity index (χ1) is 8.67. The Kier molecular flexibility index (Phi) is 6.22. The molecule has 0 aromatic heterocycles. The first kappa shape index (κ1) is 14.5. The Balaban J connectivity index is 2.34. The molecule has 0 saturated carbocycles. The highest BCUT2D eigenvalue weighted by Gasteiger charge is 2.12. The van der Waals surface area contributed by atoms with Gasteiger partial charge in [0.2, 0.25) is 0 Å². The molecule has 1 unspecified atom stereocenters. The minimum atomic E-state index is -0.268. The number of carbonyl (C=O) groups excluding carboxylic acids is 1. The minimum Gasteiger partial charge on any atom is -0.497 e. The smallest absolute Gasteiger partial charge is 0.322 e. The molecule has 1 rings (SSSR count). The summed E-state index contributed by atoms with van der Waals surface area (Å²) in [7, 11) is 1.65. The molecule has 100 valence electrons. The van der Waals surface area contributed by atoms with E-state index in [1.165, 1.54) is 5.56 Å². The molecule has 4 heteroatoms. The van der Waals surface area contributed by atoms with Crippen molar-refractivity contribution >= 4 is 5.97 Å². The fourth-order valence-corrected chi connectivity index (χ4v) is 1.61. The lowest BCUT2D eigenvalue weighted by atomic mass is 10.1. The maximum Gasteiger partial charge on any atom is 0.322 e. The van der Waals surface area contributed by atoms with Gasteiger partial charge < -0.3 is 14.8 Å². The third-order valence-corrected chi connectivity index (χ3v) is 2.64. The zero-order chi connectivity index (χ0) is 13.4. The lowest BCUT2D eigenvalue weighted by molar-refractivity contribution is -0.145. The van der Waals surface area contributed by atoms with Gasteiger partial charge in [0.15, 0.2) is 0 Å². The Morgan fingerprint density at radius 3 is 2.89 bits per heavy atom. The Hall–Kier alpha value is -1.55. The van der Waals surface area contributed by atoms with Crippen LogP contribution in [0.25, 0.3) is 0 Å². The quantitative estimate of drug-likeness (QED) is 0.750. The van der Waals surface area contributed by atoms with Crippen molar-refractivity contribution in [1.82, 2.24) is 5.32 Å². The SMILES string of the molecule is CCOC(=O)C(C)NCCc1cccc(OC)c1. The van der Waals surface area contributed by atoms with Crippen molar-refractivity contribution in [2.24, 2.45) is 0 Å². The monoisotopic (exact) mass is 251 g/mol. The second-order valence-electron chi connectivity index (χ2n) is 4.03. The van der Waals surface area contributed by atoms with E-state index in [1.807, 2.05) is 31.2 Å². The molecule has 0 saturated heterocycles. The third-order valence-electron chi connectivity index (χ3n) is 2.64. The maximum absolute atomic E-state index is 11.4. The van der Waals surface area contributed by atoms with Crippen molar-refractivity contribution in [3.8, 4) is 5.75 Å². The predicted molar refractivity (Wildman–Crippen MR) is 70.8 cm³/mol. The first-order valence-corrected chi connectivity index (χ1v) is 6.20. The molecule has 1 aromatic carbocycles. The Bertz CT molecular complexity index is 379. The van der Waals surface area contributed by atoms with Crippen molar-refractivity contribution in [2.45, 2.75) is 26.3 Å². The fraction of sp³-hybridized carbons (Fsp3) is 0.500. The summed E-state index contributed by atoms with van der Waals surface area (Å²) in [6, 6.07) is 7.65. The van der Waals surface area contributed by atoms with Crippen molar-refractivity contribution < 1.29 is 14.3 Å². The van der Waals surface area contributed by atoms with Crippen molar-refractivity contribution in [2.75, 3.05) is 20.3 Å². The van der Waals surface area contributed by atoms with E-state index in [-0.39, 0.29) is 12.0 Å². The van der Waals surface area contributed by atoms with Gasteiger partial charge in [-0.05, 0) is 44.5 Å². The average Bonchev–Trinajstić information content (AvgIpc) is 2.39. The number of hydrogen-bond acceptors (Lipinski definition) is 4. The Morgan fingerprint density at radius 2 is 2.22 bits per heavy atom. The van der Waals surface area contributed by atoms with Gasteiger partial charge in [0.1, 0.15) is 11.8 Å². The van der Waals surface area contributed by atoms with Crippen molar-refractivity contribution in [3.05, 3.63) is 29.8 Å². The van der Waals surface area contributed by atoms with Gasteiger partial charge in [-0.25, -0.2) is 0 Å². The van der Waals surface area contributed by atoms with Gasteiger partial charge in [-0.15, -0.1) is 0 Å². The van der Waals surface area contributed by atoms with Crippen molar-refractivity contribution in [3.63, 3.8) is 0 Å². The molecule has 0 amide bonds. The van der Waals surface area contributed by atoms with Gasteiger partial charge in [-0.3, -0.25) is 4.79 Å². The standard InChI is InChI=1S/C14H21NO3/c1-4-18-14(16)11(2)15-9-8-12-6-5-7-13(10-12)17-3/h5-7,10-11,15H,4,8-9H2,1-3H3. The number of esters is 1. The number of benzene rings is 1. The summed E-state index contributed by atoms with van der Waals surface area (Å²) in [6.45, 7) is 4.76. The van der Waals surface area contributed by atoms with Gasteiger partial charge in [0.05, 0.1) is 13.7 Å². The summed E-state index contributed by atoms with van der Waals surface area (Å²) in [5, 5.41) is 3.14. The number of hydrogen-bond donors (Lipinski definition) is 1. The van der Waals surface area contributed by atoms with E-state index in [4.69, 9.17) is 9.47 Å². The summed E-state index contributed by atoms with van der Waals surface area (Å²) < 4.78 is 10.1. The largest absolute Gasteiger partial charge is 0.497 e. The van der Waals surface area contributed by atoms with Gasteiger partial charge >= 0.3 is 5.97 Å². The van der Waals surface area contributed by atoms with E-state index in [9.17, 15) is 4.79 Å². The summed E-state index contributed by atoms with van der Waals surface area (Å²) in [6.07, 6.45) is 0.848. The van der Waals surface area contributed by atoms with Crippen LogP contribution in [0.15, 0.2) is 24.3 Å². The molecule has 0 aliphatic carbocycles. The van der Waals surface area contributed by atoms with Crippen LogP contribution >= 0.6 is 0 Å². The predicted octanol–water partition coefficient (Wildman–Crippen LogP) is 1.78. The van der Waals surface area contributed by atoms with Gasteiger partial charge in [-0.2, -0.15) is 0 Å². The van der Waals surface area contributed by atoms with Crippen LogP contribution in [0.5, 0.6) is 5.75 Å². The third kappa shape index (κ3) is 4.75. The molecule has 1 N–H and O–H groups in total. The molecule has 0 fully saturated rings. The second-order valence-corrected chi connectivity index (χ2v) is 4.03.